The Hall–Kier alpha value is -1.65. The third-order valence-electron chi connectivity index (χ3n) is 5.68. The Labute approximate surface area is 143 Å². The molecule has 1 amide bonds. The Morgan fingerprint density at radius 1 is 1.21 bits per heavy atom. The van der Waals surface area contributed by atoms with Gasteiger partial charge in [-0.15, -0.1) is 0 Å². The lowest BCUT2D eigenvalue weighted by atomic mass is 9.74. The highest BCUT2D eigenvalue weighted by Crippen LogP contribution is 2.50. The third-order valence-corrected chi connectivity index (χ3v) is 5.68. The summed E-state index contributed by atoms with van der Waals surface area (Å²) in [4.78, 5) is 31.0. The third kappa shape index (κ3) is 2.89. The van der Waals surface area contributed by atoms with E-state index in [0.29, 0.717) is 37.0 Å². The van der Waals surface area contributed by atoms with Crippen molar-refractivity contribution >= 4 is 11.7 Å². The van der Waals surface area contributed by atoms with Crippen LogP contribution in [0.4, 0.5) is 0 Å². The number of Topliss-reactive ketones (excluding diaryl/α,β-unsaturated/α-hetero) is 1. The molecule has 1 atom stereocenters. The van der Waals surface area contributed by atoms with Crippen LogP contribution in [0, 0.1) is 11.3 Å². The molecule has 0 bridgehead atoms. The maximum atomic E-state index is 12.7. The second kappa shape index (κ2) is 5.71. The van der Waals surface area contributed by atoms with Crippen molar-refractivity contribution in [1.29, 1.82) is 0 Å². The summed E-state index contributed by atoms with van der Waals surface area (Å²) in [5.74, 6) is 1.87. The standard InChI is InChI=1S/C19H27N3O2/c1-19(2)12-22(16(24)5-3-4-15(23)13-6-7-13)17(19)18-20-10-11-21(18)14-8-9-14/h10-11,13-14,17H,3-9,12H2,1-2H3. The van der Waals surface area contributed by atoms with Gasteiger partial charge in [0.25, 0.3) is 0 Å². The number of ketones is 1. The molecule has 1 aliphatic heterocycles. The summed E-state index contributed by atoms with van der Waals surface area (Å²) in [6.45, 7) is 5.21. The number of imidazole rings is 1. The van der Waals surface area contributed by atoms with Gasteiger partial charge in [0, 0.05) is 49.2 Å². The van der Waals surface area contributed by atoms with Crippen LogP contribution in [0.25, 0.3) is 0 Å². The van der Waals surface area contributed by atoms with Gasteiger partial charge < -0.3 is 9.47 Å². The first kappa shape index (κ1) is 15.9. The van der Waals surface area contributed by atoms with Gasteiger partial charge in [-0.2, -0.15) is 0 Å². The van der Waals surface area contributed by atoms with E-state index < -0.39 is 0 Å². The number of likely N-dealkylation sites (tertiary alicyclic amines) is 1. The maximum Gasteiger partial charge on any atom is 0.223 e. The van der Waals surface area contributed by atoms with Crippen molar-refractivity contribution in [3.63, 3.8) is 0 Å². The van der Waals surface area contributed by atoms with E-state index >= 15 is 0 Å². The SMILES string of the molecule is CC1(C)CN(C(=O)CCCC(=O)C2CC2)C1c1nccn1C1CC1. The quantitative estimate of drug-likeness (QED) is 0.771. The average molecular weight is 329 g/mol. The Kier molecular flexibility index (Phi) is 3.77. The zero-order valence-corrected chi connectivity index (χ0v) is 14.7. The van der Waals surface area contributed by atoms with E-state index in [1.54, 1.807) is 0 Å². The number of hydrogen-bond donors (Lipinski definition) is 0. The van der Waals surface area contributed by atoms with Crippen LogP contribution in [-0.2, 0) is 9.59 Å². The molecule has 130 valence electrons. The molecule has 3 aliphatic rings. The van der Waals surface area contributed by atoms with Crippen LogP contribution in [0.2, 0.25) is 0 Å². The lowest BCUT2D eigenvalue weighted by molar-refractivity contribution is -0.153. The first-order chi connectivity index (χ1) is 11.5. The molecule has 4 rings (SSSR count). The number of carbonyl (C=O) groups excluding carboxylic acids is 2. The van der Waals surface area contributed by atoms with E-state index in [0.717, 1.165) is 25.2 Å². The molecule has 1 aromatic rings. The van der Waals surface area contributed by atoms with Gasteiger partial charge in [0.2, 0.25) is 5.91 Å². The van der Waals surface area contributed by atoms with Gasteiger partial charge in [0.05, 0.1) is 6.04 Å². The number of nitrogens with zero attached hydrogens (tertiary/aromatic N) is 3. The van der Waals surface area contributed by atoms with Gasteiger partial charge in [-0.1, -0.05) is 13.8 Å². The molecule has 5 nitrogen and oxygen atoms in total. The molecule has 24 heavy (non-hydrogen) atoms. The molecule has 0 spiro atoms. The van der Waals surface area contributed by atoms with E-state index in [9.17, 15) is 9.59 Å². The maximum absolute atomic E-state index is 12.7. The summed E-state index contributed by atoms with van der Waals surface area (Å²) < 4.78 is 2.27. The summed E-state index contributed by atoms with van der Waals surface area (Å²) in [5, 5.41) is 0. The predicted octanol–water partition coefficient (Wildman–Crippen LogP) is 3.28. The molecule has 2 saturated carbocycles. The molecule has 0 radical (unpaired) electrons. The van der Waals surface area contributed by atoms with Gasteiger partial charge in [0.1, 0.15) is 11.6 Å². The molecule has 5 heteroatoms. The molecule has 0 N–H and O–H groups in total. The molecule has 1 saturated heterocycles. The van der Waals surface area contributed by atoms with Crippen molar-refractivity contribution in [3.8, 4) is 0 Å². The topological polar surface area (TPSA) is 55.2 Å². The van der Waals surface area contributed by atoms with E-state index in [4.69, 9.17) is 0 Å². The van der Waals surface area contributed by atoms with Crippen molar-refractivity contribution in [2.75, 3.05) is 6.54 Å². The second-order valence-corrected chi connectivity index (χ2v) is 8.43. The minimum Gasteiger partial charge on any atom is -0.331 e. The van der Waals surface area contributed by atoms with E-state index in [2.05, 4.69) is 29.6 Å². The summed E-state index contributed by atoms with van der Waals surface area (Å²) in [7, 11) is 0. The van der Waals surface area contributed by atoms with Gasteiger partial charge in [0.15, 0.2) is 0 Å². The highest BCUT2D eigenvalue weighted by molar-refractivity contribution is 5.84. The molecular formula is C19H27N3O2. The van der Waals surface area contributed by atoms with Gasteiger partial charge in [-0.25, -0.2) is 4.98 Å². The van der Waals surface area contributed by atoms with Crippen molar-refractivity contribution in [2.45, 2.75) is 70.9 Å². The van der Waals surface area contributed by atoms with E-state index in [1.165, 1.54) is 12.8 Å². The molecule has 0 aromatic carbocycles. The van der Waals surface area contributed by atoms with Gasteiger partial charge >= 0.3 is 0 Å². The minimum absolute atomic E-state index is 0.0669. The van der Waals surface area contributed by atoms with Crippen molar-refractivity contribution in [1.82, 2.24) is 14.5 Å². The lowest BCUT2D eigenvalue weighted by Crippen LogP contribution is -2.58. The fraction of sp³-hybridized carbons (Fsp3) is 0.737. The van der Waals surface area contributed by atoms with E-state index in [-0.39, 0.29) is 17.4 Å². The Morgan fingerprint density at radius 3 is 2.58 bits per heavy atom. The Bertz CT molecular complexity index is 655. The molecule has 2 heterocycles. The minimum atomic E-state index is 0.0669. The number of amides is 1. The van der Waals surface area contributed by atoms with Gasteiger partial charge in [-0.3, -0.25) is 9.59 Å². The summed E-state index contributed by atoms with van der Waals surface area (Å²) in [6, 6.07) is 0.645. The van der Waals surface area contributed by atoms with Crippen LogP contribution < -0.4 is 0 Å². The fourth-order valence-electron chi connectivity index (χ4n) is 4.01. The fourth-order valence-corrected chi connectivity index (χ4v) is 4.01. The molecule has 1 unspecified atom stereocenters. The molecule has 2 aliphatic carbocycles. The lowest BCUT2D eigenvalue weighted by Gasteiger charge is -2.53. The largest absolute Gasteiger partial charge is 0.331 e. The zero-order valence-electron chi connectivity index (χ0n) is 14.7. The van der Waals surface area contributed by atoms with Crippen LogP contribution in [0.3, 0.4) is 0 Å². The smallest absolute Gasteiger partial charge is 0.223 e. The first-order valence-electron chi connectivity index (χ1n) is 9.32. The molecule has 1 aromatic heterocycles. The summed E-state index contributed by atoms with van der Waals surface area (Å²) in [5.41, 5.74) is 0.0669. The monoisotopic (exact) mass is 329 g/mol. The number of aromatic nitrogens is 2. The average Bonchev–Trinajstić information content (AvgIpc) is 3.43. The highest BCUT2D eigenvalue weighted by atomic mass is 16.2. The Morgan fingerprint density at radius 2 is 1.96 bits per heavy atom. The number of carbonyl (C=O) groups is 2. The normalized spacial score (nSPS) is 25.4. The van der Waals surface area contributed by atoms with Crippen molar-refractivity contribution in [3.05, 3.63) is 18.2 Å². The summed E-state index contributed by atoms with van der Waals surface area (Å²) in [6.07, 6.45) is 10.2. The van der Waals surface area contributed by atoms with E-state index in [1.807, 2.05) is 11.1 Å². The molecular weight excluding hydrogens is 302 g/mol. The number of rotatable bonds is 7. The second-order valence-electron chi connectivity index (χ2n) is 8.43. The predicted molar refractivity (Wildman–Crippen MR) is 90.3 cm³/mol. The highest BCUT2D eigenvalue weighted by Gasteiger charge is 2.51. The van der Waals surface area contributed by atoms with Crippen LogP contribution in [0.15, 0.2) is 12.4 Å². The van der Waals surface area contributed by atoms with Gasteiger partial charge in [-0.05, 0) is 32.1 Å². The van der Waals surface area contributed by atoms with Crippen molar-refractivity contribution < 1.29 is 9.59 Å². The van der Waals surface area contributed by atoms with Crippen LogP contribution in [0.1, 0.15) is 76.7 Å². The summed E-state index contributed by atoms with van der Waals surface area (Å²) >= 11 is 0. The van der Waals surface area contributed by atoms with Crippen LogP contribution in [0.5, 0.6) is 0 Å². The molecule has 3 fully saturated rings. The van der Waals surface area contributed by atoms with Crippen LogP contribution >= 0.6 is 0 Å². The first-order valence-corrected chi connectivity index (χ1v) is 9.32. The van der Waals surface area contributed by atoms with Crippen LogP contribution in [-0.4, -0.2) is 32.7 Å². The zero-order chi connectivity index (χ0) is 16.9. The van der Waals surface area contributed by atoms with Crippen molar-refractivity contribution in [2.24, 2.45) is 11.3 Å². The number of hydrogen-bond acceptors (Lipinski definition) is 3. The Balaban J connectivity index is 1.39.